The summed E-state index contributed by atoms with van der Waals surface area (Å²) in [7, 11) is 1.26. The highest BCUT2D eigenvalue weighted by Crippen LogP contribution is 2.22. The lowest BCUT2D eigenvalue weighted by Crippen LogP contribution is -2.45. The highest BCUT2D eigenvalue weighted by molar-refractivity contribution is 5.96. The lowest BCUT2D eigenvalue weighted by Gasteiger charge is -2.25. The Labute approximate surface area is 160 Å². The number of amides is 2. The number of hydrogen-bond acceptors (Lipinski definition) is 6. The first-order valence-corrected chi connectivity index (χ1v) is 8.93. The van der Waals surface area contributed by atoms with Crippen LogP contribution in [0.15, 0.2) is 23.8 Å². The number of nitrogens with one attached hydrogen (secondary N) is 2. The highest BCUT2D eigenvalue weighted by atomic mass is 16.6. The zero-order valence-electron chi connectivity index (χ0n) is 16.6. The van der Waals surface area contributed by atoms with E-state index < -0.39 is 29.8 Å². The first kappa shape index (κ1) is 22.7. The minimum atomic E-state index is -0.849. The standard InChI is InChI=1S/C19H30N2O6/c1-12(22)11-20-16(23)14-8-6-13(7-9-14)10-15(17(24)26-5)21-18(25)27-19(2,3)4/h6,8-9,12-13,15,22H,7,10-11H2,1-5H3,(H,20,23)(H,21,25). The van der Waals surface area contributed by atoms with Crippen molar-refractivity contribution in [1.29, 1.82) is 0 Å². The Morgan fingerprint density at radius 3 is 2.48 bits per heavy atom. The van der Waals surface area contributed by atoms with Crippen LogP contribution >= 0.6 is 0 Å². The molecular weight excluding hydrogens is 352 g/mol. The number of aliphatic hydroxyl groups excluding tert-OH is 1. The van der Waals surface area contributed by atoms with Crippen molar-refractivity contribution in [3.8, 4) is 0 Å². The van der Waals surface area contributed by atoms with Crippen molar-refractivity contribution in [2.75, 3.05) is 13.7 Å². The molecule has 1 aliphatic rings. The average Bonchev–Trinajstić information content (AvgIpc) is 2.57. The molecule has 3 N–H and O–H groups in total. The molecular formula is C19H30N2O6. The first-order chi connectivity index (χ1) is 12.5. The highest BCUT2D eigenvalue weighted by Gasteiger charge is 2.27. The number of allylic oxidation sites excluding steroid dienone is 2. The van der Waals surface area contributed by atoms with Gasteiger partial charge in [0, 0.05) is 12.1 Å². The van der Waals surface area contributed by atoms with Gasteiger partial charge in [-0.2, -0.15) is 0 Å². The van der Waals surface area contributed by atoms with Crippen molar-refractivity contribution >= 4 is 18.0 Å². The fourth-order valence-corrected chi connectivity index (χ4v) is 2.46. The molecule has 0 aromatic carbocycles. The van der Waals surface area contributed by atoms with Gasteiger partial charge in [0.25, 0.3) is 5.91 Å². The molecule has 0 bridgehead atoms. The van der Waals surface area contributed by atoms with E-state index in [4.69, 9.17) is 9.47 Å². The van der Waals surface area contributed by atoms with E-state index in [1.54, 1.807) is 39.8 Å². The minimum Gasteiger partial charge on any atom is -0.467 e. The summed E-state index contributed by atoms with van der Waals surface area (Å²) in [4.78, 5) is 35.9. The quantitative estimate of drug-likeness (QED) is 0.574. The number of alkyl carbamates (subject to hydrolysis) is 1. The normalized spacial score (nSPS) is 18.7. The van der Waals surface area contributed by atoms with Gasteiger partial charge in [0.05, 0.1) is 13.2 Å². The predicted molar refractivity (Wildman–Crippen MR) is 99.8 cm³/mol. The number of rotatable bonds is 7. The second kappa shape index (κ2) is 10.1. The van der Waals surface area contributed by atoms with Crippen LogP contribution in [0.5, 0.6) is 0 Å². The lowest BCUT2D eigenvalue weighted by molar-refractivity contribution is -0.143. The van der Waals surface area contributed by atoms with Crippen LogP contribution in [0.25, 0.3) is 0 Å². The Hall–Kier alpha value is -2.35. The third-order valence-electron chi connectivity index (χ3n) is 3.72. The van der Waals surface area contributed by atoms with Gasteiger partial charge < -0.3 is 25.2 Å². The maximum Gasteiger partial charge on any atom is 0.408 e. The van der Waals surface area contributed by atoms with E-state index in [-0.39, 0.29) is 18.4 Å². The molecule has 8 nitrogen and oxygen atoms in total. The second-order valence-corrected chi connectivity index (χ2v) is 7.53. The Morgan fingerprint density at radius 2 is 2.00 bits per heavy atom. The molecule has 0 heterocycles. The molecule has 0 aliphatic heterocycles. The molecule has 27 heavy (non-hydrogen) atoms. The summed E-state index contributed by atoms with van der Waals surface area (Å²) in [6.07, 6.45) is 4.82. The molecule has 8 heteroatoms. The zero-order valence-corrected chi connectivity index (χ0v) is 16.6. The molecule has 152 valence electrons. The Kier molecular flexibility index (Phi) is 8.49. The molecule has 0 fully saturated rings. The van der Waals surface area contributed by atoms with E-state index in [2.05, 4.69) is 10.6 Å². The minimum absolute atomic E-state index is 0.0441. The molecule has 0 aromatic heterocycles. The molecule has 0 aromatic rings. The van der Waals surface area contributed by atoms with Crippen LogP contribution < -0.4 is 10.6 Å². The van der Waals surface area contributed by atoms with Gasteiger partial charge in [0.15, 0.2) is 0 Å². The van der Waals surface area contributed by atoms with Crippen molar-refractivity contribution in [2.24, 2.45) is 5.92 Å². The second-order valence-electron chi connectivity index (χ2n) is 7.53. The zero-order chi connectivity index (χ0) is 20.6. The fourth-order valence-electron chi connectivity index (χ4n) is 2.46. The van der Waals surface area contributed by atoms with E-state index in [1.165, 1.54) is 7.11 Å². The number of esters is 1. The Bertz CT molecular complexity index is 604. The molecule has 0 spiro atoms. The Morgan fingerprint density at radius 1 is 1.33 bits per heavy atom. The van der Waals surface area contributed by atoms with Crippen LogP contribution in [0.2, 0.25) is 0 Å². The Balaban J connectivity index is 2.63. The topological polar surface area (TPSA) is 114 Å². The van der Waals surface area contributed by atoms with Crippen molar-refractivity contribution in [2.45, 2.75) is 58.3 Å². The molecule has 3 atom stereocenters. The van der Waals surface area contributed by atoms with Gasteiger partial charge in [-0.1, -0.05) is 18.2 Å². The number of ether oxygens (including phenoxy) is 2. The monoisotopic (exact) mass is 382 g/mol. The number of carbonyl (C=O) groups is 3. The van der Waals surface area contributed by atoms with Gasteiger partial charge in [-0.15, -0.1) is 0 Å². The smallest absolute Gasteiger partial charge is 0.408 e. The summed E-state index contributed by atoms with van der Waals surface area (Å²) in [5, 5.41) is 14.4. The van der Waals surface area contributed by atoms with Gasteiger partial charge in [-0.25, -0.2) is 9.59 Å². The summed E-state index contributed by atoms with van der Waals surface area (Å²) in [5.41, 5.74) is -0.173. The molecule has 0 saturated heterocycles. The summed E-state index contributed by atoms with van der Waals surface area (Å²) in [6, 6.07) is -0.849. The van der Waals surface area contributed by atoms with Crippen LogP contribution in [-0.4, -0.2) is 54.5 Å². The maximum atomic E-state index is 12.0. The van der Waals surface area contributed by atoms with Gasteiger partial charge in [-0.05, 0) is 46.5 Å². The van der Waals surface area contributed by atoms with Gasteiger partial charge in [0.1, 0.15) is 11.6 Å². The molecule has 3 unspecified atom stereocenters. The van der Waals surface area contributed by atoms with Crippen LogP contribution in [0.4, 0.5) is 4.79 Å². The number of methoxy groups -OCH3 is 1. The van der Waals surface area contributed by atoms with Crippen LogP contribution in [0.3, 0.4) is 0 Å². The van der Waals surface area contributed by atoms with Crippen LogP contribution in [-0.2, 0) is 19.1 Å². The summed E-state index contributed by atoms with van der Waals surface area (Å²) < 4.78 is 9.95. The van der Waals surface area contributed by atoms with E-state index in [0.717, 1.165) is 0 Å². The summed E-state index contributed by atoms with van der Waals surface area (Å²) >= 11 is 0. The third-order valence-corrected chi connectivity index (χ3v) is 3.72. The molecule has 0 radical (unpaired) electrons. The average molecular weight is 382 g/mol. The van der Waals surface area contributed by atoms with E-state index in [1.807, 2.05) is 6.08 Å². The van der Waals surface area contributed by atoms with Crippen molar-refractivity contribution in [3.63, 3.8) is 0 Å². The third kappa shape index (κ3) is 8.72. The molecule has 1 aliphatic carbocycles. The molecule has 0 saturated carbocycles. The first-order valence-electron chi connectivity index (χ1n) is 8.93. The van der Waals surface area contributed by atoms with Crippen molar-refractivity contribution < 1.29 is 29.0 Å². The lowest BCUT2D eigenvalue weighted by atomic mass is 9.90. The SMILES string of the molecule is COC(=O)C(CC1C=CC(C(=O)NCC(C)O)=CC1)NC(=O)OC(C)(C)C. The van der Waals surface area contributed by atoms with E-state index in [0.29, 0.717) is 18.4 Å². The predicted octanol–water partition coefficient (Wildman–Crippen LogP) is 1.44. The van der Waals surface area contributed by atoms with Crippen LogP contribution in [0, 0.1) is 5.92 Å². The maximum absolute atomic E-state index is 12.0. The van der Waals surface area contributed by atoms with Crippen molar-refractivity contribution in [3.05, 3.63) is 23.8 Å². The van der Waals surface area contributed by atoms with Gasteiger partial charge in [0.2, 0.25) is 0 Å². The van der Waals surface area contributed by atoms with E-state index in [9.17, 15) is 19.5 Å². The largest absolute Gasteiger partial charge is 0.467 e. The summed E-state index contributed by atoms with van der Waals surface area (Å²) in [5.74, 6) is -0.863. The van der Waals surface area contributed by atoms with E-state index >= 15 is 0 Å². The van der Waals surface area contributed by atoms with Gasteiger partial charge >= 0.3 is 12.1 Å². The summed E-state index contributed by atoms with van der Waals surface area (Å²) in [6.45, 7) is 6.97. The molecule has 1 rings (SSSR count). The fraction of sp³-hybridized carbons (Fsp3) is 0.632. The number of aliphatic hydroxyl groups is 1. The van der Waals surface area contributed by atoms with Crippen molar-refractivity contribution in [1.82, 2.24) is 10.6 Å². The molecule has 2 amide bonds. The number of carbonyl (C=O) groups excluding carboxylic acids is 3. The van der Waals surface area contributed by atoms with Gasteiger partial charge in [-0.3, -0.25) is 4.79 Å². The van der Waals surface area contributed by atoms with Crippen LogP contribution in [0.1, 0.15) is 40.5 Å². The number of hydrogen-bond donors (Lipinski definition) is 3.